The summed E-state index contributed by atoms with van der Waals surface area (Å²) in [6.07, 6.45) is -1.63. The highest BCUT2D eigenvalue weighted by Gasteiger charge is 2.45. The number of hydrogen-bond donors (Lipinski definition) is 2. The van der Waals surface area contributed by atoms with Gasteiger partial charge in [0.2, 0.25) is 0 Å². The second-order valence-corrected chi connectivity index (χ2v) is 12.9. The molecule has 1 aliphatic heterocycles. The molecule has 270 valence electrons. The standard InChI is InChI=1S/C42H47FO8/c43-39-40(45)36(23-44)51-42(39)50-29-38(48-26-31-14-6-2-7-15-31)41(49-27-32-16-8-3-9-17-32)37(47-25-30-12-4-1-5-13-30)28-46-24-33-20-21-34-18-10-11-19-35(34)22-33/h1-10,12-18,20-22,36-42,44-45H,11,19,23-29H2. The molecule has 9 heteroatoms. The van der Waals surface area contributed by atoms with Crippen molar-refractivity contribution in [3.05, 3.63) is 149 Å². The van der Waals surface area contributed by atoms with E-state index >= 15 is 4.39 Å². The van der Waals surface area contributed by atoms with Gasteiger partial charge in [-0.3, -0.25) is 0 Å². The van der Waals surface area contributed by atoms with Gasteiger partial charge in [0.25, 0.3) is 0 Å². The minimum Gasteiger partial charge on any atom is -0.394 e. The zero-order chi connectivity index (χ0) is 35.3. The Labute approximate surface area is 299 Å². The maximum absolute atomic E-state index is 15.1. The van der Waals surface area contributed by atoms with Crippen LogP contribution in [0, 0.1) is 0 Å². The number of allylic oxidation sites excluding steroid dienone is 1. The number of halogens is 1. The molecule has 1 heterocycles. The molecule has 0 saturated carbocycles. The van der Waals surface area contributed by atoms with E-state index in [1.165, 1.54) is 11.1 Å². The Kier molecular flexibility index (Phi) is 13.9. The first-order valence-corrected chi connectivity index (χ1v) is 17.6. The van der Waals surface area contributed by atoms with Crippen LogP contribution < -0.4 is 0 Å². The van der Waals surface area contributed by atoms with E-state index in [9.17, 15) is 10.2 Å². The number of ether oxygens (including phenoxy) is 6. The van der Waals surface area contributed by atoms with Gasteiger partial charge in [0.05, 0.1) is 46.2 Å². The fraction of sp³-hybridized carbons (Fsp3) is 0.381. The van der Waals surface area contributed by atoms with Crippen LogP contribution in [0.15, 0.2) is 115 Å². The molecule has 7 unspecified atom stereocenters. The first-order chi connectivity index (χ1) is 25.1. The van der Waals surface area contributed by atoms with E-state index in [0.717, 1.165) is 35.1 Å². The average Bonchev–Trinajstić information content (AvgIpc) is 3.46. The lowest BCUT2D eigenvalue weighted by molar-refractivity contribution is -0.213. The minimum absolute atomic E-state index is 0.147. The fourth-order valence-electron chi connectivity index (χ4n) is 6.29. The van der Waals surface area contributed by atoms with Gasteiger partial charge in [-0.1, -0.05) is 121 Å². The van der Waals surface area contributed by atoms with Crippen LogP contribution in [0.1, 0.15) is 39.8 Å². The molecule has 2 N–H and O–H groups in total. The molecule has 2 aliphatic rings. The Hall–Kier alpha value is -3.77. The van der Waals surface area contributed by atoms with Gasteiger partial charge in [-0.2, -0.15) is 0 Å². The van der Waals surface area contributed by atoms with Crippen molar-refractivity contribution in [1.82, 2.24) is 0 Å². The van der Waals surface area contributed by atoms with Crippen LogP contribution in [0.4, 0.5) is 4.39 Å². The lowest BCUT2D eigenvalue weighted by Crippen LogP contribution is -2.48. The Balaban J connectivity index is 1.26. The van der Waals surface area contributed by atoms with Gasteiger partial charge in [-0.05, 0) is 46.2 Å². The second kappa shape index (κ2) is 19.2. The normalized spacial score (nSPS) is 21.6. The van der Waals surface area contributed by atoms with Crippen molar-refractivity contribution in [2.24, 2.45) is 0 Å². The maximum Gasteiger partial charge on any atom is 0.192 e. The van der Waals surface area contributed by atoms with Gasteiger partial charge < -0.3 is 38.6 Å². The van der Waals surface area contributed by atoms with E-state index < -0.39 is 49.6 Å². The number of rotatable bonds is 19. The van der Waals surface area contributed by atoms with Gasteiger partial charge in [0.1, 0.15) is 30.5 Å². The molecule has 6 rings (SSSR count). The highest BCUT2D eigenvalue weighted by molar-refractivity contribution is 5.56. The summed E-state index contributed by atoms with van der Waals surface area (Å²) in [7, 11) is 0. The number of alkyl halides is 1. The Morgan fingerprint density at radius 2 is 1.29 bits per heavy atom. The molecule has 4 aromatic carbocycles. The maximum atomic E-state index is 15.1. The summed E-state index contributed by atoms with van der Waals surface area (Å²) in [6.45, 7) is 0.627. The van der Waals surface area contributed by atoms with Crippen molar-refractivity contribution >= 4 is 6.08 Å². The first-order valence-electron chi connectivity index (χ1n) is 17.6. The molecule has 1 aliphatic carbocycles. The lowest BCUT2D eigenvalue weighted by Gasteiger charge is -2.34. The van der Waals surface area contributed by atoms with Crippen molar-refractivity contribution in [2.45, 2.75) is 82.3 Å². The van der Waals surface area contributed by atoms with Crippen LogP contribution >= 0.6 is 0 Å². The molecule has 1 fully saturated rings. The van der Waals surface area contributed by atoms with E-state index in [1.54, 1.807) is 0 Å². The number of aliphatic hydroxyl groups is 2. The van der Waals surface area contributed by atoms with Gasteiger partial charge in [-0.25, -0.2) is 4.39 Å². The molecular formula is C42H47FO8. The number of hydrogen-bond acceptors (Lipinski definition) is 8. The molecule has 1 saturated heterocycles. The van der Waals surface area contributed by atoms with E-state index in [-0.39, 0.29) is 26.4 Å². The van der Waals surface area contributed by atoms with Gasteiger partial charge >= 0.3 is 0 Å². The molecule has 0 bridgehead atoms. The predicted octanol–water partition coefficient (Wildman–Crippen LogP) is 6.35. The lowest BCUT2D eigenvalue weighted by atomic mass is 9.96. The minimum atomic E-state index is -1.85. The molecule has 0 amide bonds. The topological polar surface area (TPSA) is 95.8 Å². The molecule has 4 aromatic rings. The quantitative estimate of drug-likeness (QED) is 0.117. The largest absolute Gasteiger partial charge is 0.394 e. The van der Waals surface area contributed by atoms with Gasteiger partial charge in [-0.15, -0.1) is 0 Å². The molecule has 8 nitrogen and oxygen atoms in total. The number of aliphatic hydroxyl groups excluding tert-OH is 2. The number of aryl methyl sites for hydroxylation is 1. The molecule has 0 radical (unpaired) electrons. The Morgan fingerprint density at radius 3 is 1.88 bits per heavy atom. The van der Waals surface area contributed by atoms with Crippen molar-refractivity contribution in [1.29, 1.82) is 0 Å². The smallest absolute Gasteiger partial charge is 0.192 e. The van der Waals surface area contributed by atoms with Crippen molar-refractivity contribution in [2.75, 3.05) is 19.8 Å². The van der Waals surface area contributed by atoms with E-state index in [4.69, 9.17) is 28.4 Å². The summed E-state index contributed by atoms with van der Waals surface area (Å²) in [6, 6.07) is 35.8. The third-order valence-corrected chi connectivity index (χ3v) is 9.15. The zero-order valence-electron chi connectivity index (χ0n) is 28.7. The SMILES string of the molecule is OCC1OC(OCC(OCc2ccccc2)C(OCc2ccccc2)C(COCc2ccc3c(c2)CCC=C3)OCc2ccccc2)C(F)C1O. The van der Waals surface area contributed by atoms with Crippen molar-refractivity contribution in [3.8, 4) is 0 Å². The summed E-state index contributed by atoms with van der Waals surface area (Å²) in [4.78, 5) is 0. The predicted molar refractivity (Wildman–Crippen MR) is 191 cm³/mol. The molecule has 7 atom stereocenters. The van der Waals surface area contributed by atoms with Crippen molar-refractivity contribution in [3.63, 3.8) is 0 Å². The van der Waals surface area contributed by atoms with Crippen LogP contribution in [0.25, 0.3) is 6.08 Å². The highest BCUT2D eigenvalue weighted by Crippen LogP contribution is 2.27. The first kappa shape index (κ1) is 37.0. The Morgan fingerprint density at radius 1 is 0.706 bits per heavy atom. The fourth-order valence-corrected chi connectivity index (χ4v) is 6.29. The van der Waals surface area contributed by atoms with E-state index in [2.05, 4.69) is 30.4 Å². The Bertz CT molecular complexity index is 1620. The summed E-state index contributed by atoms with van der Waals surface area (Å²) in [5.74, 6) is 0. The second-order valence-electron chi connectivity index (χ2n) is 12.9. The third-order valence-electron chi connectivity index (χ3n) is 9.15. The highest BCUT2D eigenvalue weighted by atomic mass is 19.1. The number of benzene rings is 4. The monoisotopic (exact) mass is 698 g/mol. The van der Waals surface area contributed by atoms with Crippen LogP contribution in [-0.4, -0.2) is 73.0 Å². The van der Waals surface area contributed by atoms with Gasteiger partial charge in [0.15, 0.2) is 12.5 Å². The molecule has 51 heavy (non-hydrogen) atoms. The van der Waals surface area contributed by atoms with Crippen LogP contribution in [0.2, 0.25) is 0 Å². The van der Waals surface area contributed by atoms with Crippen LogP contribution in [0.3, 0.4) is 0 Å². The summed E-state index contributed by atoms with van der Waals surface area (Å²) in [5, 5.41) is 19.8. The van der Waals surface area contributed by atoms with E-state index in [0.29, 0.717) is 13.2 Å². The average molecular weight is 699 g/mol. The summed E-state index contributed by atoms with van der Waals surface area (Å²) >= 11 is 0. The summed E-state index contributed by atoms with van der Waals surface area (Å²) < 4.78 is 52.7. The van der Waals surface area contributed by atoms with Crippen molar-refractivity contribution < 1.29 is 43.0 Å². The zero-order valence-corrected chi connectivity index (χ0v) is 28.7. The molecule has 0 spiro atoms. The third kappa shape index (κ3) is 10.6. The number of fused-ring (bicyclic) bond motifs is 1. The van der Waals surface area contributed by atoms with Crippen LogP contribution in [-0.2, 0) is 61.3 Å². The van der Waals surface area contributed by atoms with Gasteiger partial charge in [0, 0.05) is 0 Å². The molecular weight excluding hydrogens is 651 g/mol. The van der Waals surface area contributed by atoms with E-state index in [1.807, 2.05) is 91.0 Å². The molecule has 0 aromatic heterocycles. The van der Waals surface area contributed by atoms with Crippen LogP contribution in [0.5, 0.6) is 0 Å². The summed E-state index contributed by atoms with van der Waals surface area (Å²) in [5.41, 5.74) is 6.47.